The van der Waals surface area contributed by atoms with Crippen molar-refractivity contribution in [2.75, 3.05) is 26.2 Å². The van der Waals surface area contributed by atoms with Gasteiger partial charge >= 0.3 is 0 Å². The minimum absolute atomic E-state index is 0.0335. The molecule has 1 N–H and O–H groups in total. The zero-order valence-electron chi connectivity index (χ0n) is 14.5. The summed E-state index contributed by atoms with van der Waals surface area (Å²) in [5, 5.41) is 8.59. The molecule has 142 valence electrons. The molecule has 1 aliphatic heterocycles. The van der Waals surface area contributed by atoms with Crippen molar-refractivity contribution in [1.29, 1.82) is 0 Å². The van der Waals surface area contributed by atoms with Gasteiger partial charge in [0.1, 0.15) is 0 Å². The lowest BCUT2D eigenvalue weighted by Gasteiger charge is -2.31. The van der Waals surface area contributed by atoms with Gasteiger partial charge in [-0.2, -0.15) is 0 Å². The number of thiophene rings is 1. The van der Waals surface area contributed by atoms with Crippen LogP contribution in [0.25, 0.3) is 10.6 Å². The van der Waals surface area contributed by atoms with E-state index in [1.807, 2.05) is 17.5 Å². The molecule has 0 aliphatic carbocycles. The number of likely N-dealkylation sites (tertiary alicyclic amines) is 1. The normalized spacial score (nSPS) is 17.3. The number of alkyl halides is 2. The van der Waals surface area contributed by atoms with E-state index < -0.39 is 5.92 Å². The average Bonchev–Trinajstić information content (AvgIpc) is 3.30. The van der Waals surface area contributed by atoms with Crippen LogP contribution in [0.3, 0.4) is 0 Å². The highest BCUT2D eigenvalue weighted by molar-refractivity contribution is 7.13. The Morgan fingerprint density at radius 3 is 2.85 bits per heavy atom. The Morgan fingerprint density at radius 2 is 2.12 bits per heavy atom. The van der Waals surface area contributed by atoms with Crippen LogP contribution < -0.4 is 5.32 Å². The van der Waals surface area contributed by atoms with E-state index in [4.69, 9.17) is 4.52 Å². The number of hydrogen-bond acceptors (Lipinski definition) is 5. The first-order valence-corrected chi connectivity index (χ1v) is 9.80. The molecule has 1 fully saturated rings. The highest BCUT2D eigenvalue weighted by atomic mass is 32.1. The molecule has 1 amide bonds. The number of aromatic nitrogens is 1. The molecular formula is C18H23F2N3O2S. The molecule has 26 heavy (non-hydrogen) atoms. The summed E-state index contributed by atoms with van der Waals surface area (Å²) in [5.74, 6) is -2.13. The van der Waals surface area contributed by atoms with E-state index in [-0.39, 0.29) is 24.4 Å². The minimum Gasteiger partial charge on any atom is -0.355 e. The number of rotatable bonds is 8. The summed E-state index contributed by atoms with van der Waals surface area (Å²) in [4.78, 5) is 15.1. The molecule has 0 bridgehead atoms. The first-order chi connectivity index (χ1) is 12.5. The third kappa shape index (κ3) is 5.35. The third-order valence-corrected chi connectivity index (χ3v) is 5.42. The zero-order valence-corrected chi connectivity index (χ0v) is 15.4. The van der Waals surface area contributed by atoms with Crippen LogP contribution in [0.4, 0.5) is 8.78 Å². The number of amides is 1. The summed E-state index contributed by atoms with van der Waals surface area (Å²) in [6, 6.07) is 5.47. The molecule has 0 saturated carbocycles. The Kier molecular flexibility index (Phi) is 6.37. The number of halogens is 2. The van der Waals surface area contributed by atoms with Gasteiger partial charge in [0.05, 0.1) is 4.88 Å². The lowest BCUT2D eigenvalue weighted by Crippen LogP contribution is -2.39. The summed E-state index contributed by atoms with van der Waals surface area (Å²) in [6.45, 7) is 2.36. The summed E-state index contributed by atoms with van der Waals surface area (Å²) in [6.07, 6.45) is 2.69. The Labute approximate surface area is 155 Å². The van der Waals surface area contributed by atoms with Crippen molar-refractivity contribution in [2.24, 2.45) is 0 Å². The Bertz CT molecular complexity index is 693. The van der Waals surface area contributed by atoms with Gasteiger partial charge in [-0.05, 0) is 30.8 Å². The average molecular weight is 383 g/mol. The number of carbonyl (C=O) groups is 1. The monoisotopic (exact) mass is 383 g/mol. The van der Waals surface area contributed by atoms with Gasteiger partial charge in [0, 0.05) is 38.5 Å². The Balaban J connectivity index is 1.29. The van der Waals surface area contributed by atoms with Gasteiger partial charge < -0.3 is 14.7 Å². The molecule has 3 heterocycles. The maximum atomic E-state index is 13.1. The first kappa shape index (κ1) is 19.0. The molecule has 0 radical (unpaired) electrons. The molecule has 2 aromatic heterocycles. The molecule has 0 spiro atoms. The van der Waals surface area contributed by atoms with Gasteiger partial charge in [0.2, 0.25) is 0 Å². The van der Waals surface area contributed by atoms with Crippen LogP contribution in [0.5, 0.6) is 0 Å². The van der Waals surface area contributed by atoms with Crippen molar-refractivity contribution in [1.82, 2.24) is 15.4 Å². The van der Waals surface area contributed by atoms with Crippen molar-refractivity contribution >= 4 is 17.2 Å². The number of unbranched alkanes of at least 4 members (excludes halogenated alkanes) is 2. The maximum Gasteiger partial charge on any atom is 0.273 e. The van der Waals surface area contributed by atoms with Crippen LogP contribution in [-0.2, 0) is 0 Å². The van der Waals surface area contributed by atoms with Crippen molar-refractivity contribution < 1.29 is 18.1 Å². The number of piperidine rings is 1. The molecule has 3 rings (SSSR count). The topological polar surface area (TPSA) is 58.4 Å². The zero-order chi connectivity index (χ0) is 18.4. The van der Waals surface area contributed by atoms with Gasteiger partial charge in [-0.25, -0.2) is 8.78 Å². The second-order valence-electron chi connectivity index (χ2n) is 6.57. The van der Waals surface area contributed by atoms with Crippen LogP contribution in [0, 0.1) is 0 Å². The molecule has 2 aromatic rings. The predicted molar refractivity (Wildman–Crippen MR) is 96.6 cm³/mol. The second-order valence-corrected chi connectivity index (χ2v) is 7.52. The van der Waals surface area contributed by atoms with Gasteiger partial charge in [0.15, 0.2) is 11.5 Å². The first-order valence-electron chi connectivity index (χ1n) is 8.92. The van der Waals surface area contributed by atoms with Crippen LogP contribution in [0.1, 0.15) is 42.6 Å². The largest absolute Gasteiger partial charge is 0.355 e. The van der Waals surface area contributed by atoms with Crippen LogP contribution in [-0.4, -0.2) is 48.1 Å². The Morgan fingerprint density at radius 1 is 1.31 bits per heavy atom. The summed E-state index contributed by atoms with van der Waals surface area (Å²) >= 11 is 1.53. The molecule has 0 unspecified atom stereocenters. The van der Waals surface area contributed by atoms with Gasteiger partial charge in [-0.3, -0.25) is 4.79 Å². The predicted octanol–water partition coefficient (Wildman–Crippen LogP) is 4.03. The van der Waals surface area contributed by atoms with E-state index in [1.54, 1.807) is 6.07 Å². The minimum atomic E-state index is -2.48. The van der Waals surface area contributed by atoms with Crippen LogP contribution in [0.2, 0.25) is 0 Å². The van der Waals surface area contributed by atoms with E-state index in [2.05, 4.69) is 15.4 Å². The van der Waals surface area contributed by atoms with E-state index >= 15 is 0 Å². The van der Waals surface area contributed by atoms with E-state index in [0.717, 1.165) is 30.7 Å². The fourth-order valence-electron chi connectivity index (χ4n) is 2.95. The highest BCUT2D eigenvalue weighted by Crippen LogP contribution is 2.27. The van der Waals surface area contributed by atoms with Crippen LogP contribution in [0.15, 0.2) is 28.1 Å². The van der Waals surface area contributed by atoms with Crippen LogP contribution >= 0.6 is 11.3 Å². The van der Waals surface area contributed by atoms with E-state index in [1.165, 1.54) is 11.3 Å². The molecule has 0 aromatic carbocycles. The highest BCUT2D eigenvalue weighted by Gasteiger charge is 2.33. The molecular weight excluding hydrogens is 360 g/mol. The number of hydrogen-bond donors (Lipinski definition) is 1. The fraction of sp³-hybridized carbons (Fsp3) is 0.556. The number of carbonyl (C=O) groups excluding carboxylic acids is 1. The molecule has 1 saturated heterocycles. The van der Waals surface area contributed by atoms with Crippen molar-refractivity contribution in [3.63, 3.8) is 0 Å². The van der Waals surface area contributed by atoms with Crippen molar-refractivity contribution in [3.8, 4) is 10.6 Å². The maximum absolute atomic E-state index is 13.1. The number of nitrogens with one attached hydrogen (secondary N) is 1. The smallest absolute Gasteiger partial charge is 0.273 e. The lowest BCUT2D eigenvalue weighted by atomic mass is 10.1. The molecule has 0 atom stereocenters. The molecule has 5 nitrogen and oxygen atoms in total. The quantitative estimate of drug-likeness (QED) is 0.699. The lowest BCUT2D eigenvalue weighted by molar-refractivity contribution is -0.0552. The Hall–Kier alpha value is -1.80. The summed E-state index contributed by atoms with van der Waals surface area (Å²) in [7, 11) is 0. The fourth-order valence-corrected chi connectivity index (χ4v) is 3.62. The molecule has 8 heteroatoms. The van der Waals surface area contributed by atoms with Crippen molar-refractivity contribution in [3.05, 3.63) is 29.3 Å². The summed E-state index contributed by atoms with van der Waals surface area (Å²) in [5.41, 5.74) is 0.280. The van der Waals surface area contributed by atoms with Gasteiger partial charge in [0.25, 0.3) is 11.8 Å². The molecule has 1 aliphatic rings. The second kappa shape index (κ2) is 8.73. The van der Waals surface area contributed by atoms with E-state index in [0.29, 0.717) is 25.4 Å². The van der Waals surface area contributed by atoms with Gasteiger partial charge in [-0.15, -0.1) is 11.3 Å². The summed E-state index contributed by atoms with van der Waals surface area (Å²) < 4.78 is 31.4. The SMILES string of the molecule is O=C(NCCCCCN1CCC(F)(F)CC1)c1cc(-c2cccs2)on1. The van der Waals surface area contributed by atoms with Gasteiger partial charge in [-0.1, -0.05) is 17.6 Å². The van der Waals surface area contributed by atoms with Crippen molar-refractivity contribution in [2.45, 2.75) is 38.0 Å². The van der Waals surface area contributed by atoms with E-state index in [9.17, 15) is 13.6 Å². The standard InChI is InChI=1S/C18H23F2N3O2S/c19-18(20)6-10-23(11-7-18)9-3-1-2-8-21-17(24)14-13-15(25-22-14)16-5-4-12-26-16/h4-5,12-13H,1-3,6-11H2,(H,21,24). The third-order valence-electron chi connectivity index (χ3n) is 4.53. The number of nitrogens with zero attached hydrogens (tertiary/aromatic N) is 2.